The Morgan fingerprint density at radius 1 is 0.952 bits per heavy atom. The Morgan fingerprint density at radius 3 is 2.00 bits per heavy atom. The van der Waals surface area contributed by atoms with Crippen LogP contribution in [0.15, 0.2) is 42.5 Å². The summed E-state index contributed by atoms with van der Waals surface area (Å²) in [6.45, 7) is 10.6. The number of aliphatic hydroxyl groups excluding tert-OH is 1. The van der Waals surface area contributed by atoms with Gasteiger partial charge in [-0.2, -0.15) is 0 Å². The van der Waals surface area contributed by atoms with E-state index in [9.17, 15) is 5.11 Å². The third-order valence-corrected chi connectivity index (χ3v) is 4.59. The summed E-state index contributed by atoms with van der Waals surface area (Å²) in [5.41, 5.74) is 6.03. The minimum atomic E-state index is -0.403. The highest BCUT2D eigenvalue weighted by Crippen LogP contribution is 2.30. The maximum Gasteiger partial charge on any atom is 0.0671 e. The monoisotopic (exact) mass is 282 g/mol. The van der Waals surface area contributed by atoms with Crippen LogP contribution in [-0.2, 0) is 11.8 Å². The Bertz CT molecular complexity index is 588. The zero-order valence-corrected chi connectivity index (χ0v) is 13.8. The predicted molar refractivity (Wildman–Crippen MR) is 89.8 cm³/mol. The average molecular weight is 282 g/mol. The number of aryl methyl sites for hydroxylation is 3. The van der Waals surface area contributed by atoms with Gasteiger partial charge >= 0.3 is 0 Å². The van der Waals surface area contributed by atoms with Crippen LogP contribution in [0.3, 0.4) is 0 Å². The van der Waals surface area contributed by atoms with Gasteiger partial charge in [0.2, 0.25) is 0 Å². The van der Waals surface area contributed by atoms with Gasteiger partial charge in [-0.1, -0.05) is 61.9 Å². The van der Waals surface area contributed by atoms with Crippen molar-refractivity contribution in [3.05, 3.63) is 70.3 Å². The molecule has 0 heterocycles. The number of aliphatic hydroxyl groups is 1. The highest BCUT2D eigenvalue weighted by molar-refractivity contribution is 5.38. The van der Waals surface area contributed by atoms with E-state index in [1.54, 1.807) is 0 Å². The van der Waals surface area contributed by atoms with Crippen molar-refractivity contribution in [2.75, 3.05) is 0 Å². The quantitative estimate of drug-likeness (QED) is 0.876. The van der Waals surface area contributed by atoms with Gasteiger partial charge in [0.25, 0.3) is 0 Å². The molecule has 1 heteroatoms. The lowest BCUT2D eigenvalue weighted by Gasteiger charge is -2.32. The molecule has 1 atom stereocenters. The molecule has 21 heavy (non-hydrogen) atoms. The molecule has 1 nitrogen and oxygen atoms in total. The van der Waals surface area contributed by atoms with Crippen molar-refractivity contribution in [2.45, 2.75) is 52.6 Å². The van der Waals surface area contributed by atoms with Crippen molar-refractivity contribution in [3.63, 3.8) is 0 Å². The molecule has 1 unspecified atom stereocenters. The Labute approximate surface area is 128 Å². The van der Waals surface area contributed by atoms with Gasteiger partial charge in [0.1, 0.15) is 0 Å². The van der Waals surface area contributed by atoms with Crippen molar-refractivity contribution in [3.8, 4) is 0 Å². The van der Waals surface area contributed by atoms with E-state index in [0.29, 0.717) is 6.42 Å². The predicted octanol–water partition coefficient (Wildman–Crippen LogP) is 4.49. The second kappa shape index (κ2) is 6.03. The van der Waals surface area contributed by atoms with E-state index in [1.165, 1.54) is 27.8 Å². The molecular weight excluding hydrogens is 256 g/mol. The minimum absolute atomic E-state index is 0.259. The third-order valence-electron chi connectivity index (χ3n) is 4.59. The van der Waals surface area contributed by atoms with Gasteiger partial charge in [-0.15, -0.1) is 0 Å². The van der Waals surface area contributed by atoms with Gasteiger partial charge < -0.3 is 5.11 Å². The van der Waals surface area contributed by atoms with E-state index in [1.807, 2.05) is 18.2 Å². The molecule has 2 aromatic rings. The van der Waals surface area contributed by atoms with Crippen LogP contribution in [0, 0.1) is 20.8 Å². The largest absolute Gasteiger partial charge is 0.392 e. The van der Waals surface area contributed by atoms with E-state index in [-0.39, 0.29) is 5.41 Å². The maximum atomic E-state index is 10.8. The molecule has 112 valence electrons. The van der Waals surface area contributed by atoms with Crippen LogP contribution < -0.4 is 0 Å². The van der Waals surface area contributed by atoms with Gasteiger partial charge in [-0.05, 0) is 49.4 Å². The molecule has 2 aromatic carbocycles. The second-order valence-electron chi connectivity index (χ2n) is 6.68. The molecule has 0 aliphatic rings. The number of hydrogen-bond acceptors (Lipinski definition) is 1. The van der Waals surface area contributed by atoms with Gasteiger partial charge in [-0.3, -0.25) is 0 Å². The fraction of sp³-hybridized carbons (Fsp3) is 0.400. The first kappa shape index (κ1) is 15.8. The van der Waals surface area contributed by atoms with Crippen molar-refractivity contribution in [1.82, 2.24) is 0 Å². The average Bonchev–Trinajstić information content (AvgIpc) is 2.43. The summed E-state index contributed by atoms with van der Waals surface area (Å²) in [5.74, 6) is 0. The molecule has 2 rings (SSSR count). The first-order valence-corrected chi connectivity index (χ1v) is 7.62. The molecule has 0 bridgehead atoms. The van der Waals surface area contributed by atoms with Gasteiger partial charge in [-0.25, -0.2) is 0 Å². The molecule has 0 aliphatic carbocycles. The minimum Gasteiger partial charge on any atom is -0.392 e. The second-order valence-corrected chi connectivity index (χ2v) is 6.68. The number of benzene rings is 2. The van der Waals surface area contributed by atoms with E-state index in [2.05, 4.69) is 58.9 Å². The topological polar surface area (TPSA) is 20.2 Å². The number of hydrogen-bond donors (Lipinski definition) is 1. The van der Waals surface area contributed by atoms with Crippen LogP contribution in [0.4, 0.5) is 0 Å². The highest BCUT2D eigenvalue weighted by atomic mass is 16.3. The molecule has 0 radical (unpaired) electrons. The van der Waals surface area contributed by atoms with Crippen LogP contribution in [0.25, 0.3) is 0 Å². The first-order valence-electron chi connectivity index (χ1n) is 7.62. The summed E-state index contributed by atoms with van der Waals surface area (Å²) in [4.78, 5) is 0. The van der Waals surface area contributed by atoms with Gasteiger partial charge in [0.05, 0.1) is 6.10 Å². The summed E-state index contributed by atoms with van der Waals surface area (Å²) in [5, 5.41) is 10.8. The van der Waals surface area contributed by atoms with Crippen molar-refractivity contribution < 1.29 is 5.11 Å². The summed E-state index contributed by atoms with van der Waals surface area (Å²) >= 11 is 0. The Kier molecular flexibility index (Phi) is 4.53. The zero-order valence-electron chi connectivity index (χ0n) is 13.8. The van der Waals surface area contributed by atoms with Gasteiger partial charge in [0, 0.05) is 5.41 Å². The molecule has 0 saturated heterocycles. The normalized spacial score (nSPS) is 13.2. The smallest absolute Gasteiger partial charge is 0.0671 e. The lowest BCUT2D eigenvalue weighted by atomic mass is 9.76. The van der Waals surface area contributed by atoms with E-state index < -0.39 is 6.10 Å². The summed E-state index contributed by atoms with van der Waals surface area (Å²) < 4.78 is 0. The van der Waals surface area contributed by atoms with Crippen molar-refractivity contribution >= 4 is 0 Å². The lowest BCUT2D eigenvalue weighted by Crippen LogP contribution is -2.35. The third kappa shape index (κ3) is 3.36. The van der Waals surface area contributed by atoms with E-state index in [0.717, 1.165) is 0 Å². The van der Waals surface area contributed by atoms with Crippen LogP contribution in [0.2, 0.25) is 0 Å². The molecule has 0 saturated carbocycles. The molecule has 0 amide bonds. The fourth-order valence-electron chi connectivity index (χ4n) is 3.04. The Balaban J connectivity index is 2.28. The molecule has 0 aliphatic heterocycles. The SMILES string of the molecule is Cc1cc(C)c(CC(O)C(C)(C)c2ccccc2)c(C)c1. The molecule has 0 spiro atoms. The van der Waals surface area contributed by atoms with E-state index >= 15 is 0 Å². The molecule has 0 fully saturated rings. The number of rotatable bonds is 4. The standard InChI is InChI=1S/C20H26O/c1-14-11-15(2)18(16(3)12-14)13-19(21)20(4,5)17-9-7-6-8-10-17/h6-12,19,21H,13H2,1-5H3. The molecular formula is C20H26O. The van der Waals surface area contributed by atoms with Crippen molar-refractivity contribution in [1.29, 1.82) is 0 Å². The summed E-state index contributed by atoms with van der Waals surface area (Å²) in [7, 11) is 0. The van der Waals surface area contributed by atoms with Gasteiger partial charge in [0.15, 0.2) is 0 Å². The van der Waals surface area contributed by atoms with Crippen LogP contribution in [0.5, 0.6) is 0 Å². The lowest BCUT2D eigenvalue weighted by molar-refractivity contribution is 0.0997. The van der Waals surface area contributed by atoms with E-state index in [4.69, 9.17) is 0 Å². The van der Waals surface area contributed by atoms with Crippen LogP contribution >= 0.6 is 0 Å². The van der Waals surface area contributed by atoms with Crippen LogP contribution in [-0.4, -0.2) is 11.2 Å². The maximum absolute atomic E-state index is 10.8. The van der Waals surface area contributed by atoms with Crippen molar-refractivity contribution in [2.24, 2.45) is 0 Å². The molecule has 1 N–H and O–H groups in total. The first-order chi connectivity index (χ1) is 9.82. The Morgan fingerprint density at radius 2 is 1.48 bits per heavy atom. The molecule has 0 aromatic heterocycles. The highest BCUT2D eigenvalue weighted by Gasteiger charge is 2.30. The van der Waals surface area contributed by atoms with Crippen LogP contribution in [0.1, 0.15) is 41.7 Å². The zero-order chi connectivity index (χ0) is 15.6. The Hall–Kier alpha value is -1.60. The summed E-state index contributed by atoms with van der Waals surface area (Å²) in [6, 6.07) is 14.7. The summed E-state index contributed by atoms with van der Waals surface area (Å²) in [6.07, 6.45) is 0.292. The fourth-order valence-corrected chi connectivity index (χ4v) is 3.04.